The molecule has 0 bridgehead atoms. The van der Waals surface area contributed by atoms with Crippen LogP contribution >= 0.6 is 35.0 Å². The monoisotopic (exact) mass is 312 g/mol. The van der Waals surface area contributed by atoms with Crippen LogP contribution in [0.5, 0.6) is 0 Å². The van der Waals surface area contributed by atoms with Gasteiger partial charge >= 0.3 is 5.97 Å². The highest BCUT2D eigenvalue weighted by Gasteiger charge is 2.03. The Kier molecular flexibility index (Phi) is 4.75. The highest BCUT2D eigenvalue weighted by atomic mass is 35.5. The van der Waals surface area contributed by atoms with Crippen LogP contribution in [-0.4, -0.2) is 11.1 Å². The topological polar surface area (TPSA) is 37.3 Å². The van der Waals surface area contributed by atoms with Gasteiger partial charge in [0.05, 0.1) is 15.6 Å². The maximum Gasteiger partial charge on any atom is 0.335 e. The summed E-state index contributed by atoms with van der Waals surface area (Å²) in [6.07, 6.45) is 0. The standard InChI is InChI=1S/C14H10Cl2O2S/c15-12-6-5-11(7-13(12)16)19-8-9-1-3-10(4-2-9)14(17)18/h1-7H,8H2,(H,17,18). The van der Waals surface area contributed by atoms with Gasteiger partial charge in [0.25, 0.3) is 0 Å². The number of hydrogen-bond donors (Lipinski definition) is 1. The van der Waals surface area contributed by atoms with Gasteiger partial charge in [-0.15, -0.1) is 11.8 Å². The van der Waals surface area contributed by atoms with Gasteiger partial charge in [0, 0.05) is 10.6 Å². The Morgan fingerprint density at radius 1 is 1.05 bits per heavy atom. The fourth-order valence-corrected chi connectivity index (χ4v) is 2.73. The van der Waals surface area contributed by atoms with Gasteiger partial charge in [-0.05, 0) is 35.9 Å². The zero-order valence-electron chi connectivity index (χ0n) is 9.77. The largest absolute Gasteiger partial charge is 0.478 e. The van der Waals surface area contributed by atoms with Crippen LogP contribution < -0.4 is 0 Å². The van der Waals surface area contributed by atoms with E-state index in [-0.39, 0.29) is 0 Å². The maximum atomic E-state index is 10.7. The highest BCUT2D eigenvalue weighted by molar-refractivity contribution is 7.98. The Labute approximate surface area is 125 Å². The number of thioether (sulfide) groups is 1. The summed E-state index contributed by atoms with van der Waals surface area (Å²) in [5, 5.41) is 9.88. The molecule has 0 unspecified atom stereocenters. The van der Waals surface area contributed by atoms with E-state index in [1.54, 1.807) is 30.0 Å². The summed E-state index contributed by atoms with van der Waals surface area (Å²) in [7, 11) is 0. The number of hydrogen-bond acceptors (Lipinski definition) is 2. The molecule has 5 heteroatoms. The molecular formula is C14H10Cl2O2S. The highest BCUT2D eigenvalue weighted by Crippen LogP contribution is 2.29. The summed E-state index contributed by atoms with van der Waals surface area (Å²) in [6, 6.07) is 12.3. The van der Waals surface area contributed by atoms with Crippen molar-refractivity contribution in [2.75, 3.05) is 0 Å². The fraction of sp³-hybridized carbons (Fsp3) is 0.0714. The molecular weight excluding hydrogens is 303 g/mol. The van der Waals surface area contributed by atoms with Gasteiger partial charge in [-0.1, -0.05) is 35.3 Å². The number of carboxylic acids is 1. The third-order valence-corrected chi connectivity index (χ3v) is 4.30. The summed E-state index contributed by atoms with van der Waals surface area (Å²) in [4.78, 5) is 11.8. The van der Waals surface area contributed by atoms with Crippen molar-refractivity contribution in [2.45, 2.75) is 10.6 Å². The van der Waals surface area contributed by atoms with Crippen LogP contribution in [0, 0.1) is 0 Å². The molecule has 2 aromatic rings. The third-order valence-electron chi connectivity index (χ3n) is 2.50. The number of carbonyl (C=O) groups is 1. The molecule has 2 aromatic carbocycles. The zero-order chi connectivity index (χ0) is 13.8. The first-order chi connectivity index (χ1) is 9.06. The van der Waals surface area contributed by atoms with Crippen LogP contribution in [0.1, 0.15) is 15.9 Å². The van der Waals surface area contributed by atoms with Crippen LogP contribution in [-0.2, 0) is 5.75 Å². The second-order valence-corrected chi connectivity index (χ2v) is 5.73. The Hall–Kier alpha value is -1.16. The van der Waals surface area contributed by atoms with E-state index in [2.05, 4.69) is 0 Å². The molecule has 1 N–H and O–H groups in total. The summed E-state index contributed by atoms with van der Waals surface area (Å²) in [5.74, 6) is -0.165. The minimum absolute atomic E-state index is 0.295. The number of carboxylic acid groups (broad SMARTS) is 1. The number of aromatic carboxylic acids is 1. The summed E-state index contributed by atoms with van der Waals surface area (Å²) in [6.45, 7) is 0. The molecule has 0 heterocycles. The van der Waals surface area contributed by atoms with Crippen LogP contribution in [0.2, 0.25) is 10.0 Å². The average Bonchev–Trinajstić information content (AvgIpc) is 2.40. The van der Waals surface area contributed by atoms with E-state index in [9.17, 15) is 4.79 Å². The van der Waals surface area contributed by atoms with E-state index in [0.29, 0.717) is 15.6 Å². The molecule has 2 nitrogen and oxygen atoms in total. The molecule has 0 aliphatic rings. The van der Waals surface area contributed by atoms with Crippen molar-refractivity contribution in [3.05, 3.63) is 63.6 Å². The van der Waals surface area contributed by atoms with Crippen LogP contribution in [0.3, 0.4) is 0 Å². The van der Waals surface area contributed by atoms with Crippen molar-refractivity contribution in [1.82, 2.24) is 0 Å². The molecule has 19 heavy (non-hydrogen) atoms. The van der Waals surface area contributed by atoms with Gasteiger partial charge in [0.15, 0.2) is 0 Å². The van der Waals surface area contributed by atoms with Gasteiger partial charge in [-0.2, -0.15) is 0 Å². The molecule has 0 saturated carbocycles. The molecule has 2 rings (SSSR count). The van der Waals surface area contributed by atoms with Crippen LogP contribution in [0.4, 0.5) is 0 Å². The number of rotatable bonds is 4. The molecule has 0 atom stereocenters. The second-order valence-electron chi connectivity index (χ2n) is 3.87. The predicted molar refractivity (Wildman–Crippen MR) is 79.4 cm³/mol. The molecule has 0 fully saturated rings. The van der Waals surface area contributed by atoms with Crippen molar-refractivity contribution in [3.63, 3.8) is 0 Å². The van der Waals surface area contributed by atoms with Crippen molar-refractivity contribution in [3.8, 4) is 0 Å². The second kappa shape index (κ2) is 6.33. The quantitative estimate of drug-likeness (QED) is 0.809. The minimum Gasteiger partial charge on any atom is -0.478 e. The summed E-state index contributed by atoms with van der Waals surface area (Å²) in [5.41, 5.74) is 1.35. The SMILES string of the molecule is O=C(O)c1ccc(CSc2ccc(Cl)c(Cl)c2)cc1. The summed E-state index contributed by atoms with van der Waals surface area (Å²) >= 11 is 13.4. The lowest BCUT2D eigenvalue weighted by Crippen LogP contribution is -1.95. The van der Waals surface area contributed by atoms with Crippen LogP contribution in [0.25, 0.3) is 0 Å². The fourth-order valence-electron chi connectivity index (χ4n) is 1.48. The van der Waals surface area contributed by atoms with Gasteiger partial charge in [0.1, 0.15) is 0 Å². The van der Waals surface area contributed by atoms with E-state index in [0.717, 1.165) is 16.2 Å². The Balaban J connectivity index is 2.01. The molecule has 0 aliphatic carbocycles. The molecule has 0 aromatic heterocycles. The van der Waals surface area contributed by atoms with E-state index in [1.807, 2.05) is 24.3 Å². The lowest BCUT2D eigenvalue weighted by atomic mass is 10.1. The van der Waals surface area contributed by atoms with Crippen molar-refractivity contribution < 1.29 is 9.90 Å². The Bertz CT molecular complexity index is 597. The van der Waals surface area contributed by atoms with Gasteiger partial charge in [-0.25, -0.2) is 4.79 Å². The van der Waals surface area contributed by atoms with E-state index in [4.69, 9.17) is 28.3 Å². The smallest absolute Gasteiger partial charge is 0.335 e. The van der Waals surface area contributed by atoms with Gasteiger partial charge in [-0.3, -0.25) is 0 Å². The molecule has 0 amide bonds. The minimum atomic E-state index is -0.913. The first-order valence-corrected chi connectivity index (χ1v) is 7.20. The Morgan fingerprint density at radius 2 is 1.74 bits per heavy atom. The lowest BCUT2D eigenvalue weighted by molar-refractivity contribution is 0.0697. The third kappa shape index (κ3) is 3.90. The first-order valence-electron chi connectivity index (χ1n) is 5.46. The first kappa shape index (κ1) is 14.3. The normalized spacial score (nSPS) is 10.4. The van der Waals surface area contributed by atoms with E-state index in [1.165, 1.54) is 0 Å². The van der Waals surface area contributed by atoms with Gasteiger partial charge in [0.2, 0.25) is 0 Å². The Morgan fingerprint density at radius 3 is 2.32 bits per heavy atom. The zero-order valence-corrected chi connectivity index (χ0v) is 12.1. The number of halogens is 2. The van der Waals surface area contributed by atoms with E-state index < -0.39 is 5.97 Å². The maximum absolute atomic E-state index is 10.7. The van der Waals surface area contributed by atoms with Crippen molar-refractivity contribution in [2.24, 2.45) is 0 Å². The van der Waals surface area contributed by atoms with Crippen molar-refractivity contribution in [1.29, 1.82) is 0 Å². The van der Waals surface area contributed by atoms with Gasteiger partial charge < -0.3 is 5.11 Å². The molecule has 0 spiro atoms. The van der Waals surface area contributed by atoms with Crippen LogP contribution in [0.15, 0.2) is 47.4 Å². The number of benzene rings is 2. The summed E-state index contributed by atoms with van der Waals surface area (Å²) < 4.78 is 0. The lowest BCUT2D eigenvalue weighted by Gasteiger charge is -2.04. The molecule has 0 aliphatic heterocycles. The van der Waals surface area contributed by atoms with E-state index >= 15 is 0 Å². The predicted octanol–water partition coefficient (Wildman–Crippen LogP) is 4.98. The molecule has 0 radical (unpaired) electrons. The molecule has 98 valence electrons. The average molecular weight is 313 g/mol. The molecule has 0 saturated heterocycles. The van der Waals surface area contributed by atoms with Crippen molar-refractivity contribution >= 4 is 40.9 Å².